The summed E-state index contributed by atoms with van der Waals surface area (Å²) < 4.78 is 0. The van der Waals surface area contributed by atoms with Gasteiger partial charge in [-0.15, -0.1) is 0 Å². The Morgan fingerprint density at radius 3 is 2.70 bits per heavy atom. The quantitative estimate of drug-likeness (QED) is 0.633. The molecule has 0 bridgehead atoms. The molecule has 0 spiro atoms. The van der Waals surface area contributed by atoms with Crippen molar-refractivity contribution >= 4 is 17.3 Å². The maximum Gasteiger partial charge on any atom is 0.269 e. The molecule has 2 atom stereocenters. The number of non-ortho nitro benzene ring substituents is 1. The van der Waals surface area contributed by atoms with Crippen molar-refractivity contribution in [2.45, 2.75) is 19.5 Å². The van der Waals surface area contributed by atoms with Crippen LogP contribution in [0.1, 0.15) is 12.5 Å². The molecule has 1 fully saturated rings. The lowest BCUT2D eigenvalue weighted by atomic mass is 10.1. The Bertz CT molecular complexity index is 507. The highest BCUT2D eigenvalue weighted by molar-refractivity contribution is 6.31. The summed E-state index contributed by atoms with van der Waals surface area (Å²) in [7, 11) is 4.18. The second-order valence-electron chi connectivity index (χ2n) is 5.74. The zero-order valence-electron chi connectivity index (χ0n) is 12.0. The summed E-state index contributed by atoms with van der Waals surface area (Å²) in [5.74, 6) is 0.586. The molecule has 2 rings (SSSR count). The van der Waals surface area contributed by atoms with Gasteiger partial charge in [0.2, 0.25) is 0 Å². The highest BCUT2D eigenvalue weighted by atomic mass is 35.5. The van der Waals surface area contributed by atoms with Crippen molar-refractivity contribution in [1.29, 1.82) is 0 Å². The molecule has 0 amide bonds. The molecule has 1 aromatic rings. The molecule has 2 unspecified atom stereocenters. The largest absolute Gasteiger partial charge is 0.305 e. The van der Waals surface area contributed by atoms with Crippen LogP contribution in [-0.2, 0) is 6.54 Å². The Kier molecular flexibility index (Phi) is 4.62. The summed E-state index contributed by atoms with van der Waals surface area (Å²) in [6, 6.07) is 5.15. The average molecular weight is 298 g/mol. The molecule has 6 heteroatoms. The summed E-state index contributed by atoms with van der Waals surface area (Å²) >= 11 is 6.15. The van der Waals surface area contributed by atoms with Crippen molar-refractivity contribution in [2.24, 2.45) is 5.92 Å². The van der Waals surface area contributed by atoms with Crippen LogP contribution < -0.4 is 0 Å². The van der Waals surface area contributed by atoms with Crippen LogP contribution in [0, 0.1) is 16.0 Å². The molecule has 110 valence electrons. The summed E-state index contributed by atoms with van der Waals surface area (Å²) in [6.07, 6.45) is 0. The molecule has 0 radical (unpaired) electrons. The fourth-order valence-corrected chi connectivity index (χ4v) is 3.06. The van der Waals surface area contributed by atoms with Crippen LogP contribution in [0.2, 0.25) is 5.02 Å². The molecule has 0 saturated carbocycles. The smallest absolute Gasteiger partial charge is 0.269 e. The van der Waals surface area contributed by atoms with E-state index in [0.717, 1.165) is 18.7 Å². The minimum atomic E-state index is -0.380. The minimum Gasteiger partial charge on any atom is -0.305 e. The van der Waals surface area contributed by atoms with Crippen LogP contribution >= 0.6 is 11.6 Å². The third-order valence-electron chi connectivity index (χ3n) is 3.95. The fraction of sp³-hybridized carbons (Fsp3) is 0.571. The Balaban J connectivity index is 2.11. The van der Waals surface area contributed by atoms with Gasteiger partial charge in [0, 0.05) is 42.8 Å². The third kappa shape index (κ3) is 3.29. The summed E-state index contributed by atoms with van der Waals surface area (Å²) in [6.45, 7) is 4.85. The van der Waals surface area contributed by atoms with E-state index < -0.39 is 0 Å². The van der Waals surface area contributed by atoms with E-state index in [2.05, 4.69) is 30.8 Å². The molecule has 1 aliphatic rings. The van der Waals surface area contributed by atoms with Gasteiger partial charge in [0.25, 0.3) is 5.69 Å². The first kappa shape index (κ1) is 15.2. The van der Waals surface area contributed by atoms with Gasteiger partial charge in [0.05, 0.1) is 4.92 Å². The van der Waals surface area contributed by atoms with Crippen LogP contribution in [0.4, 0.5) is 5.69 Å². The van der Waals surface area contributed by atoms with E-state index in [0.29, 0.717) is 23.5 Å². The van der Waals surface area contributed by atoms with Crippen molar-refractivity contribution in [1.82, 2.24) is 9.80 Å². The number of rotatable bonds is 4. The topological polar surface area (TPSA) is 49.6 Å². The monoisotopic (exact) mass is 297 g/mol. The number of hydrogen-bond donors (Lipinski definition) is 0. The third-order valence-corrected chi connectivity index (χ3v) is 4.31. The zero-order valence-corrected chi connectivity index (χ0v) is 12.8. The van der Waals surface area contributed by atoms with E-state index >= 15 is 0 Å². The van der Waals surface area contributed by atoms with Gasteiger partial charge in [-0.3, -0.25) is 15.0 Å². The molecule has 1 heterocycles. The standard InChI is InChI=1S/C14H20ClN3O2/c1-10-7-17(9-14(10)16(2)3)8-11-6-12(18(19)20)4-5-13(11)15/h4-6,10,14H,7-9H2,1-3H3. The number of benzene rings is 1. The molecule has 1 saturated heterocycles. The van der Waals surface area contributed by atoms with Crippen molar-refractivity contribution < 1.29 is 4.92 Å². The second-order valence-corrected chi connectivity index (χ2v) is 6.14. The molecular formula is C14H20ClN3O2. The number of hydrogen-bond acceptors (Lipinski definition) is 4. The fourth-order valence-electron chi connectivity index (χ4n) is 2.89. The lowest BCUT2D eigenvalue weighted by Gasteiger charge is -2.22. The molecule has 0 aliphatic carbocycles. The van der Waals surface area contributed by atoms with Gasteiger partial charge in [-0.25, -0.2) is 0 Å². The van der Waals surface area contributed by atoms with E-state index in [1.165, 1.54) is 6.07 Å². The Morgan fingerprint density at radius 1 is 1.45 bits per heavy atom. The summed E-state index contributed by atoms with van der Waals surface area (Å²) in [4.78, 5) is 15.0. The van der Waals surface area contributed by atoms with E-state index in [1.807, 2.05) is 0 Å². The number of likely N-dealkylation sites (tertiary alicyclic amines) is 1. The molecule has 5 nitrogen and oxygen atoms in total. The number of nitrogens with zero attached hydrogens (tertiary/aromatic N) is 3. The first-order valence-corrected chi connectivity index (χ1v) is 7.08. The lowest BCUT2D eigenvalue weighted by Crippen LogP contribution is -2.34. The maximum atomic E-state index is 10.8. The van der Waals surface area contributed by atoms with Gasteiger partial charge < -0.3 is 4.90 Å². The van der Waals surface area contributed by atoms with Crippen molar-refractivity contribution in [3.63, 3.8) is 0 Å². The number of nitro benzene ring substituents is 1. The summed E-state index contributed by atoms with van der Waals surface area (Å²) in [5, 5.41) is 11.4. The molecular weight excluding hydrogens is 278 g/mol. The van der Waals surface area contributed by atoms with E-state index in [9.17, 15) is 10.1 Å². The van der Waals surface area contributed by atoms with Crippen molar-refractivity contribution in [3.05, 3.63) is 38.9 Å². The van der Waals surface area contributed by atoms with Crippen molar-refractivity contribution in [3.8, 4) is 0 Å². The number of nitro groups is 1. The molecule has 1 aliphatic heterocycles. The first-order valence-electron chi connectivity index (χ1n) is 6.70. The minimum absolute atomic E-state index is 0.0980. The van der Waals surface area contributed by atoms with E-state index in [4.69, 9.17) is 11.6 Å². The summed E-state index contributed by atoms with van der Waals surface area (Å²) in [5.41, 5.74) is 0.924. The maximum absolute atomic E-state index is 10.8. The predicted octanol–water partition coefficient (Wildman–Crippen LogP) is 2.63. The zero-order chi connectivity index (χ0) is 14.9. The van der Waals surface area contributed by atoms with Gasteiger partial charge in [-0.2, -0.15) is 0 Å². The van der Waals surface area contributed by atoms with Gasteiger partial charge >= 0.3 is 0 Å². The van der Waals surface area contributed by atoms with E-state index in [1.54, 1.807) is 12.1 Å². The highest BCUT2D eigenvalue weighted by Crippen LogP contribution is 2.27. The lowest BCUT2D eigenvalue weighted by molar-refractivity contribution is -0.384. The van der Waals surface area contributed by atoms with Gasteiger partial charge in [-0.1, -0.05) is 18.5 Å². The normalized spacial score (nSPS) is 23.4. The second kappa shape index (κ2) is 6.08. The van der Waals surface area contributed by atoms with Crippen LogP contribution in [0.3, 0.4) is 0 Å². The van der Waals surface area contributed by atoms with E-state index in [-0.39, 0.29) is 10.6 Å². The predicted molar refractivity (Wildman–Crippen MR) is 80.0 cm³/mol. The molecule has 20 heavy (non-hydrogen) atoms. The van der Waals surface area contributed by atoms with Crippen LogP contribution in [-0.4, -0.2) is 47.9 Å². The number of likely N-dealkylation sites (N-methyl/N-ethyl adjacent to an activating group) is 1. The average Bonchev–Trinajstić information content (AvgIpc) is 2.73. The van der Waals surface area contributed by atoms with Gasteiger partial charge in [0.15, 0.2) is 0 Å². The number of halogens is 1. The Hall–Kier alpha value is -1.17. The molecule has 0 N–H and O–H groups in total. The molecule has 0 aromatic heterocycles. The van der Waals surface area contributed by atoms with Gasteiger partial charge in [-0.05, 0) is 31.6 Å². The highest BCUT2D eigenvalue weighted by Gasteiger charge is 2.31. The SMILES string of the molecule is CC1CN(Cc2cc([N+](=O)[O-])ccc2Cl)CC1N(C)C. The van der Waals surface area contributed by atoms with Gasteiger partial charge in [0.1, 0.15) is 0 Å². The van der Waals surface area contributed by atoms with Crippen LogP contribution in [0.15, 0.2) is 18.2 Å². The first-order chi connectivity index (χ1) is 9.38. The van der Waals surface area contributed by atoms with Crippen molar-refractivity contribution in [2.75, 3.05) is 27.2 Å². The van der Waals surface area contributed by atoms with Crippen LogP contribution in [0.5, 0.6) is 0 Å². The molecule has 1 aromatic carbocycles. The van der Waals surface area contributed by atoms with Crippen LogP contribution in [0.25, 0.3) is 0 Å². The Labute approximate surface area is 124 Å². The Morgan fingerprint density at radius 2 is 2.15 bits per heavy atom.